The summed E-state index contributed by atoms with van der Waals surface area (Å²) in [4.78, 5) is 0. The molecule has 0 saturated carbocycles. The molecule has 1 N–H and O–H groups in total. The van der Waals surface area contributed by atoms with Gasteiger partial charge < -0.3 is 10.1 Å². The normalized spacial score (nSPS) is 16.7. The molecule has 1 aromatic rings. The SMILES string of the molecule is CCCNC(C1=CCCO1)C(C)(C)c1ccc(F)cc1. The minimum atomic E-state index is -0.195. The largest absolute Gasteiger partial charge is 0.496 e. The third-order valence-electron chi connectivity index (χ3n) is 3.93. The molecular formula is C17H24FNO. The van der Waals surface area contributed by atoms with Gasteiger partial charge in [-0.2, -0.15) is 0 Å². The molecule has 0 spiro atoms. The number of hydrogen-bond donors (Lipinski definition) is 1. The van der Waals surface area contributed by atoms with Crippen LogP contribution in [0, 0.1) is 5.82 Å². The summed E-state index contributed by atoms with van der Waals surface area (Å²) in [5, 5.41) is 3.58. The molecule has 1 aromatic carbocycles. The van der Waals surface area contributed by atoms with E-state index in [1.165, 1.54) is 12.1 Å². The van der Waals surface area contributed by atoms with E-state index in [4.69, 9.17) is 4.74 Å². The zero-order chi connectivity index (χ0) is 14.6. The average Bonchev–Trinajstić information content (AvgIpc) is 2.93. The second-order valence-electron chi connectivity index (χ2n) is 5.86. The van der Waals surface area contributed by atoms with Crippen molar-refractivity contribution < 1.29 is 9.13 Å². The molecule has 0 amide bonds. The zero-order valence-corrected chi connectivity index (χ0v) is 12.6. The smallest absolute Gasteiger partial charge is 0.123 e. The zero-order valence-electron chi connectivity index (χ0n) is 12.6. The Morgan fingerprint density at radius 3 is 2.55 bits per heavy atom. The molecule has 1 unspecified atom stereocenters. The summed E-state index contributed by atoms with van der Waals surface area (Å²) >= 11 is 0. The summed E-state index contributed by atoms with van der Waals surface area (Å²) in [6.45, 7) is 8.21. The van der Waals surface area contributed by atoms with Crippen LogP contribution in [-0.4, -0.2) is 19.2 Å². The van der Waals surface area contributed by atoms with Crippen LogP contribution in [0.5, 0.6) is 0 Å². The maximum absolute atomic E-state index is 13.1. The van der Waals surface area contributed by atoms with Crippen molar-refractivity contribution in [3.8, 4) is 0 Å². The van der Waals surface area contributed by atoms with Crippen molar-refractivity contribution in [1.29, 1.82) is 0 Å². The molecule has 1 aliphatic rings. The molecular weight excluding hydrogens is 253 g/mol. The molecule has 110 valence electrons. The molecule has 2 rings (SSSR count). The summed E-state index contributed by atoms with van der Waals surface area (Å²) < 4.78 is 18.9. The van der Waals surface area contributed by atoms with Crippen LogP contribution in [0.15, 0.2) is 36.1 Å². The van der Waals surface area contributed by atoms with Crippen molar-refractivity contribution >= 4 is 0 Å². The van der Waals surface area contributed by atoms with E-state index in [0.717, 1.165) is 37.3 Å². The molecule has 0 aliphatic carbocycles. The lowest BCUT2D eigenvalue weighted by molar-refractivity contribution is 0.188. The molecule has 20 heavy (non-hydrogen) atoms. The van der Waals surface area contributed by atoms with Crippen LogP contribution in [0.1, 0.15) is 39.2 Å². The van der Waals surface area contributed by atoms with Gasteiger partial charge in [-0.25, -0.2) is 4.39 Å². The molecule has 1 atom stereocenters. The lowest BCUT2D eigenvalue weighted by Crippen LogP contribution is -2.46. The molecule has 3 heteroatoms. The van der Waals surface area contributed by atoms with Crippen LogP contribution in [-0.2, 0) is 10.2 Å². The highest BCUT2D eigenvalue weighted by Gasteiger charge is 2.35. The lowest BCUT2D eigenvalue weighted by atomic mass is 9.76. The van der Waals surface area contributed by atoms with Crippen molar-refractivity contribution in [3.63, 3.8) is 0 Å². The number of benzene rings is 1. The van der Waals surface area contributed by atoms with Crippen LogP contribution < -0.4 is 5.32 Å². The second kappa shape index (κ2) is 6.40. The number of hydrogen-bond acceptors (Lipinski definition) is 2. The van der Waals surface area contributed by atoms with Gasteiger partial charge in [0.15, 0.2) is 0 Å². The average molecular weight is 277 g/mol. The first-order valence-corrected chi connectivity index (χ1v) is 7.38. The van der Waals surface area contributed by atoms with Gasteiger partial charge >= 0.3 is 0 Å². The second-order valence-corrected chi connectivity index (χ2v) is 5.86. The van der Waals surface area contributed by atoms with Gasteiger partial charge in [-0.3, -0.25) is 0 Å². The van der Waals surface area contributed by atoms with Crippen LogP contribution in [0.25, 0.3) is 0 Å². The molecule has 0 fully saturated rings. The maximum atomic E-state index is 13.1. The number of rotatable bonds is 6. The van der Waals surface area contributed by atoms with Crippen LogP contribution in [0.2, 0.25) is 0 Å². The van der Waals surface area contributed by atoms with Gasteiger partial charge in [-0.15, -0.1) is 0 Å². The first kappa shape index (κ1) is 15.0. The van der Waals surface area contributed by atoms with Gasteiger partial charge in [0.05, 0.1) is 12.6 Å². The Hall–Kier alpha value is -1.35. The maximum Gasteiger partial charge on any atom is 0.123 e. The summed E-state index contributed by atoms with van der Waals surface area (Å²) in [7, 11) is 0. The first-order chi connectivity index (χ1) is 9.55. The Kier molecular flexibility index (Phi) is 4.81. The standard InChI is InChI=1S/C17H24FNO/c1-4-11-19-16(15-6-5-12-20-15)17(2,3)13-7-9-14(18)10-8-13/h6-10,16,19H,4-5,11-12H2,1-3H3. The Balaban J connectivity index is 2.27. The molecule has 1 aliphatic heterocycles. The fraction of sp³-hybridized carbons (Fsp3) is 0.529. The van der Waals surface area contributed by atoms with E-state index in [0.29, 0.717) is 0 Å². The molecule has 0 radical (unpaired) electrons. The highest BCUT2D eigenvalue weighted by Crippen LogP contribution is 2.33. The fourth-order valence-electron chi connectivity index (χ4n) is 2.68. The van der Waals surface area contributed by atoms with Crippen molar-refractivity contribution in [2.75, 3.05) is 13.2 Å². The van der Waals surface area contributed by atoms with E-state index in [1.807, 2.05) is 12.1 Å². The molecule has 0 saturated heterocycles. The van der Waals surface area contributed by atoms with E-state index in [-0.39, 0.29) is 17.3 Å². The Labute approximate surface area is 121 Å². The van der Waals surface area contributed by atoms with E-state index in [1.54, 1.807) is 0 Å². The van der Waals surface area contributed by atoms with Gasteiger partial charge in [0.25, 0.3) is 0 Å². The van der Waals surface area contributed by atoms with Gasteiger partial charge in [0.1, 0.15) is 11.6 Å². The van der Waals surface area contributed by atoms with E-state index >= 15 is 0 Å². The predicted octanol–water partition coefficient (Wildman–Crippen LogP) is 3.78. The highest BCUT2D eigenvalue weighted by molar-refractivity contribution is 5.30. The van der Waals surface area contributed by atoms with Crippen LogP contribution in [0.4, 0.5) is 4.39 Å². The predicted molar refractivity (Wildman–Crippen MR) is 80.2 cm³/mol. The molecule has 0 bridgehead atoms. The third-order valence-corrected chi connectivity index (χ3v) is 3.93. The number of nitrogens with one attached hydrogen (secondary N) is 1. The summed E-state index contributed by atoms with van der Waals surface area (Å²) in [6, 6.07) is 6.91. The summed E-state index contributed by atoms with van der Waals surface area (Å²) in [5.74, 6) is 0.826. The minimum Gasteiger partial charge on any atom is -0.496 e. The van der Waals surface area contributed by atoms with Crippen molar-refractivity contribution in [2.45, 2.75) is 45.1 Å². The highest BCUT2D eigenvalue weighted by atomic mass is 19.1. The van der Waals surface area contributed by atoms with Crippen molar-refractivity contribution in [3.05, 3.63) is 47.5 Å². The van der Waals surface area contributed by atoms with Gasteiger partial charge in [0, 0.05) is 11.8 Å². The van der Waals surface area contributed by atoms with Crippen molar-refractivity contribution in [2.24, 2.45) is 0 Å². The topological polar surface area (TPSA) is 21.3 Å². The van der Waals surface area contributed by atoms with Crippen LogP contribution >= 0.6 is 0 Å². The first-order valence-electron chi connectivity index (χ1n) is 7.38. The lowest BCUT2D eigenvalue weighted by Gasteiger charge is -2.36. The Morgan fingerprint density at radius 2 is 2.00 bits per heavy atom. The summed E-state index contributed by atoms with van der Waals surface area (Å²) in [6.07, 6.45) is 4.21. The minimum absolute atomic E-state index is 0.121. The molecule has 1 heterocycles. The van der Waals surface area contributed by atoms with E-state index in [9.17, 15) is 4.39 Å². The van der Waals surface area contributed by atoms with Gasteiger partial charge in [-0.1, -0.05) is 32.9 Å². The van der Waals surface area contributed by atoms with Crippen LogP contribution in [0.3, 0.4) is 0 Å². The Morgan fingerprint density at radius 1 is 1.30 bits per heavy atom. The summed E-state index contributed by atoms with van der Waals surface area (Å²) in [5.41, 5.74) is 0.961. The number of halogens is 1. The quantitative estimate of drug-likeness (QED) is 0.854. The van der Waals surface area contributed by atoms with Gasteiger partial charge in [-0.05, 0) is 36.7 Å². The van der Waals surface area contributed by atoms with Crippen molar-refractivity contribution in [1.82, 2.24) is 5.32 Å². The van der Waals surface area contributed by atoms with Gasteiger partial charge in [0.2, 0.25) is 0 Å². The number of ether oxygens (including phenoxy) is 1. The third kappa shape index (κ3) is 3.21. The Bertz CT molecular complexity index is 464. The van der Waals surface area contributed by atoms with E-state index < -0.39 is 0 Å². The molecule has 0 aromatic heterocycles. The fourth-order valence-corrected chi connectivity index (χ4v) is 2.68. The van der Waals surface area contributed by atoms with E-state index in [2.05, 4.69) is 32.2 Å². The molecule has 2 nitrogen and oxygen atoms in total. The monoisotopic (exact) mass is 277 g/mol.